The molecule has 0 bridgehead atoms. The van der Waals surface area contributed by atoms with Gasteiger partial charge in [0.1, 0.15) is 11.5 Å². The standard InChI is InChI=1S/C33H46N2O8S/c1-4-40-32(36)15-11-21-43-31-14-10-13-25(29(31)16-17-33(37)41-5-2)12-8-6-7-9-20-42-27-22-26(30(35)18-19-34)23-28(24-27)44(3,38)39/h10,13-14,18-19,22-24,35H,4-9,11-12,15-17,20-21,34H2,1-3H3/b19-18-,35-30?. The van der Waals surface area contributed by atoms with Gasteiger partial charge in [-0.15, -0.1) is 0 Å². The molecule has 0 aromatic heterocycles. The molecule has 0 unspecified atom stereocenters. The average molecular weight is 631 g/mol. The number of esters is 2. The molecule has 0 saturated carbocycles. The highest BCUT2D eigenvalue weighted by Crippen LogP contribution is 2.27. The van der Waals surface area contributed by atoms with Crippen molar-refractivity contribution in [3.05, 3.63) is 65.4 Å². The molecule has 0 spiro atoms. The molecule has 2 aromatic rings. The third kappa shape index (κ3) is 13.2. The number of nitrogens with two attached hydrogens (primary N) is 1. The van der Waals surface area contributed by atoms with Gasteiger partial charge in [-0.3, -0.25) is 9.59 Å². The van der Waals surface area contributed by atoms with E-state index in [2.05, 4.69) is 6.07 Å². The van der Waals surface area contributed by atoms with Gasteiger partial charge in [0.05, 0.1) is 37.0 Å². The number of unbranched alkanes of at least 4 members (excludes halogenated alkanes) is 3. The largest absolute Gasteiger partial charge is 0.494 e. The first kappa shape index (κ1) is 36.3. The number of allylic oxidation sites excluding steroid dienone is 1. The number of nitrogens with one attached hydrogen (secondary N) is 1. The summed E-state index contributed by atoms with van der Waals surface area (Å²) < 4.78 is 46.2. The molecule has 0 aliphatic heterocycles. The number of aryl methyl sites for hydroxylation is 1. The van der Waals surface area contributed by atoms with Gasteiger partial charge in [0, 0.05) is 24.7 Å². The Balaban J connectivity index is 1.93. The van der Waals surface area contributed by atoms with E-state index in [4.69, 9.17) is 30.1 Å². The van der Waals surface area contributed by atoms with Crippen LogP contribution in [0.1, 0.15) is 75.5 Å². The summed E-state index contributed by atoms with van der Waals surface area (Å²) in [6.07, 6.45) is 9.70. The lowest BCUT2D eigenvalue weighted by Gasteiger charge is -2.16. The van der Waals surface area contributed by atoms with E-state index in [-0.39, 0.29) is 35.4 Å². The number of sulfone groups is 1. The number of hydrogen-bond acceptors (Lipinski definition) is 10. The van der Waals surface area contributed by atoms with Gasteiger partial charge in [0.2, 0.25) is 0 Å². The molecular weight excluding hydrogens is 584 g/mol. The van der Waals surface area contributed by atoms with E-state index in [1.807, 2.05) is 12.1 Å². The lowest BCUT2D eigenvalue weighted by atomic mass is 9.96. The number of carbonyl (C=O) groups excluding carboxylic acids is 2. The number of benzene rings is 2. The summed E-state index contributed by atoms with van der Waals surface area (Å²) in [5, 5.41) is 8.09. The van der Waals surface area contributed by atoms with Gasteiger partial charge in [-0.25, -0.2) is 8.42 Å². The number of ether oxygens (including phenoxy) is 4. The minimum Gasteiger partial charge on any atom is -0.494 e. The Hall–Kier alpha value is -3.86. The second-order valence-electron chi connectivity index (χ2n) is 10.2. The molecule has 0 fully saturated rings. The fraction of sp³-hybridized carbons (Fsp3) is 0.485. The van der Waals surface area contributed by atoms with Crippen molar-refractivity contribution in [1.82, 2.24) is 0 Å². The van der Waals surface area contributed by atoms with Crippen LogP contribution < -0.4 is 15.2 Å². The van der Waals surface area contributed by atoms with Gasteiger partial charge in [0.25, 0.3) is 0 Å². The quantitative estimate of drug-likeness (QED) is 0.106. The van der Waals surface area contributed by atoms with Gasteiger partial charge in [0.15, 0.2) is 9.84 Å². The van der Waals surface area contributed by atoms with Crippen LogP contribution in [0.4, 0.5) is 0 Å². The van der Waals surface area contributed by atoms with E-state index in [1.165, 1.54) is 24.4 Å². The van der Waals surface area contributed by atoms with Crippen LogP contribution in [0.2, 0.25) is 0 Å². The SMILES string of the molecule is CCOC(=O)CCCOc1cccc(CCCCCCOc2cc(C(=N)/C=C\N)cc(S(C)(=O)=O)c2)c1CCC(=O)OCC. The second kappa shape index (κ2) is 19.4. The molecule has 0 amide bonds. The maximum atomic E-state index is 12.1. The molecule has 0 aliphatic carbocycles. The lowest BCUT2D eigenvalue weighted by molar-refractivity contribution is -0.144. The van der Waals surface area contributed by atoms with E-state index < -0.39 is 9.84 Å². The summed E-state index contributed by atoms with van der Waals surface area (Å²) in [7, 11) is -3.48. The molecule has 0 radical (unpaired) electrons. The van der Waals surface area contributed by atoms with Crippen molar-refractivity contribution >= 4 is 27.5 Å². The Kier molecular flexibility index (Phi) is 16.0. The van der Waals surface area contributed by atoms with E-state index in [9.17, 15) is 18.0 Å². The predicted octanol–water partition coefficient (Wildman–Crippen LogP) is 5.33. The fourth-order valence-electron chi connectivity index (χ4n) is 4.53. The first-order valence-corrected chi connectivity index (χ1v) is 17.0. The topological polar surface area (TPSA) is 155 Å². The van der Waals surface area contributed by atoms with Gasteiger partial charge >= 0.3 is 11.9 Å². The molecule has 10 nitrogen and oxygen atoms in total. The Morgan fingerprint density at radius 3 is 2.23 bits per heavy atom. The van der Waals surface area contributed by atoms with E-state index >= 15 is 0 Å². The predicted molar refractivity (Wildman–Crippen MR) is 170 cm³/mol. The molecule has 0 aliphatic rings. The van der Waals surface area contributed by atoms with Gasteiger partial charge in [-0.2, -0.15) is 0 Å². The van der Waals surface area contributed by atoms with Crippen LogP contribution in [0.3, 0.4) is 0 Å². The molecule has 242 valence electrons. The van der Waals surface area contributed by atoms with Crippen molar-refractivity contribution in [2.24, 2.45) is 5.73 Å². The highest BCUT2D eigenvalue weighted by molar-refractivity contribution is 7.90. The minimum atomic E-state index is -3.48. The summed E-state index contributed by atoms with van der Waals surface area (Å²) in [5.41, 5.74) is 7.99. The van der Waals surface area contributed by atoms with Crippen molar-refractivity contribution in [3.63, 3.8) is 0 Å². The van der Waals surface area contributed by atoms with Gasteiger partial charge < -0.3 is 30.1 Å². The Morgan fingerprint density at radius 2 is 1.55 bits per heavy atom. The first-order valence-electron chi connectivity index (χ1n) is 15.1. The summed E-state index contributed by atoms with van der Waals surface area (Å²) >= 11 is 0. The monoisotopic (exact) mass is 630 g/mol. The highest BCUT2D eigenvalue weighted by Gasteiger charge is 2.14. The van der Waals surface area contributed by atoms with E-state index in [0.717, 1.165) is 55.2 Å². The van der Waals surface area contributed by atoms with E-state index in [1.54, 1.807) is 19.9 Å². The van der Waals surface area contributed by atoms with Crippen LogP contribution in [0, 0.1) is 5.41 Å². The van der Waals surface area contributed by atoms with Crippen LogP contribution in [-0.4, -0.2) is 58.8 Å². The number of hydrogen-bond donors (Lipinski definition) is 2. The number of rotatable bonds is 21. The Morgan fingerprint density at radius 1 is 0.864 bits per heavy atom. The van der Waals surface area contributed by atoms with Crippen molar-refractivity contribution in [3.8, 4) is 11.5 Å². The van der Waals surface area contributed by atoms with Gasteiger partial charge in [-0.05, 0) is 93.6 Å². The van der Waals surface area contributed by atoms with Crippen molar-refractivity contribution < 1.29 is 37.0 Å². The summed E-state index contributed by atoms with van der Waals surface area (Å²) in [6, 6.07) is 10.4. The smallest absolute Gasteiger partial charge is 0.306 e. The average Bonchev–Trinajstić information content (AvgIpc) is 2.98. The normalized spacial score (nSPS) is 11.3. The molecule has 3 N–H and O–H groups in total. The fourth-order valence-corrected chi connectivity index (χ4v) is 5.21. The van der Waals surface area contributed by atoms with Gasteiger partial charge in [-0.1, -0.05) is 25.0 Å². The molecule has 2 aromatic carbocycles. The van der Waals surface area contributed by atoms with Crippen LogP contribution >= 0.6 is 0 Å². The molecule has 44 heavy (non-hydrogen) atoms. The second-order valence-corrected chi connectivity index (χ2v) is 12.2. The zero-order valence-electron chi connectivity index (χ0n) is 26.1. The molecule has 2 rings (SSSR count). The maximum absolute atomic E-state index is 12.1. The molecule has 0 saturated heterocycles. The summed E-state index contributed by atoms with van der Waals surface area (Å²) in [5.74, 6) is 0.612. The third-order valence-corrected chi connectivity index (χ3v) is 7.79. The molecule has 0 heterocycles. The van der Waals surface area contributed by atoms with Crippen LogP contribution in [-0.2, 0) is 41.7 Å². The highest BCUT2D eigenvalue weighted by atomic mass is 32.2. The molecule has 0 atom stereocenters. The zero-order valence-corrected chi connectivity index (χ0v) is 26.9. The summed E-state index contributed by atoms with van der Waals surface area (Å²) in [6.45, 7) is 5.03. The van der Waals surface area contributed by atoms with E-state index in [0.29, 0.717) is 50.6 Å². The van der Waals surface area contributed by atoms with Crippen LogP contribution in [0.15, 0.2) is 53.6 Å². The van der Waals surface area contributed by atoms with Crippen molar-refractivity contribution in [1.29, 1.82) is 5.41 Å². The zero-order chi connectivity index (χ0) is 32.4. The Bertz CT molecular complexity index is 1370. The minimum absolute atomic E-state index is 0.0872. The third-order valence-electron chi connectivity index (χ3n) is 6.69. The maximum Gasteiger partial charge on any atom is 0.306 e. The van der Waals surface area contributed by atoms with Crippen molar-refractivity contribution in [2.75, 3.05) is 32.7 Å². The van der Waals surface area contributed by atoms with Crippen LogP contribution in [0.25, 0.3) is 0 Å². The molecular formula is C33H46N2O8S. The number of carbonyl (C=O) groups is 2. The van der Waals surface area contributed by atoms with Crippen LogP contribution in [0.5, 0.6) is 11.5 Å². The Labute approximate surface area is 261 Å². The summed E-state index contributed by atoms with van der Waals surface area (Å²) in [4.78, 5) is 23.8. The van der Waals surface area contributed by atoms with Crippen molar-refractivity contribution in [2.45, 2.75) is 76.5 Å². The molecule has 11 heteroatoms. The first-order chi connectivity index (χ1) is 21.1. The lowest BCUT2D eigenvalue weighted by Crippen LogP contribution is -2.10.